The van der Waals surface area contributed by atoms with Crippen molar-refractivity contribution in [2.24, 2.45) is 5.92 Å². The highest BCUT2D eigenvalue weighted by Crippen LogP contribution is 2.21. The van der Waals surface area contributed by atoms with Crippen molar-refractivity contribution in [3.8, 4) is 5.75 Å². The summed E-state index contributed by atoms with van der Waals surface area (Å²) < 4.78 is 5.16. The molecule has 2 aromatic carbocycles. The molecule has 1 aliphatic rings. The van der Waals surface area contributed by atoms with Gasteiger partial charge in [-0.05, 0) is 68.0 Å². The van der Waals surface area contributed by atoms with E-state index in [1.165, 1.54) is 24.0 Å². The Morgan fingerprint density at radius 3 is 2.41 bits per heavy atom. The fourth-order valence-corrected chi connectivity index (χ4v) is 3.69. The fourth-order valence-electron chi connectivity index (χ4n) is 3.69. The number of hydrogen-bond acceptors (Lipinski definition) is 3. The highest BCUT2D eigenvalue weighted by molar-refractivity contribution is 5.78. The summed E-state index contributed by atoms with van der Waals surface area (Å²) in [6.45, 7) is 3.23. The van der Waals surface area contributed by atoms with Gasteiger partial charge in [0.2, 0.25) is 5.91 Å². The quantitative estimate of drug-likeness (QED) is 0.779. The van der Waals surface area contributed by atoms with Gasteiger partial charge < -0.3 is 10.1 Å². The third-order valence-corrected chi connectivity index (χ3v) is 5.34. The van der Waals surface area contributed by atoms with Crippen LogP contribution in [0.5, 0.6) is 5.75 Å². The number of carbonyl (C=O) groups excluding carboxylic acids is 1. The second-order valence-corrected chi connectivity index (χ2v) is 7.36. The molecule has 0 radical (unpaired) electrons. The number of benzene rings is 2. The molecule has 1 N–H and O–H groups in total. The lowest BCUT2D eigenvalue weighted by Crippen LogP contribution is -2.42. The Morgan fingerprint density at radius 1 is 1.04 bits per heavy atom. The lowest BCUT2D eigenvalue weighted by atomic mass is 9.90. The van der Waals surface area contributed by atoms with Crippen LogP contribution in [0.1, 0.15) is 24.0 Å². The van der Waals surface area contributed by atoms with Crippen molar-refractivity contribution in [1.82, 2.24) is 10.2 Å². The predicted molar refractivity (Wildman–Crippen MR) is 109 cm³/mol. The van der Waals surface area contributed by atoms with Gasteiger partial charge in [-0.2, -0.15) is 0 Å². The minimum absolute atomic E-state index is 0.130. The summed E-state index contributed by atoms with van der Waals surface area (Å²) in [4.78, 5) is 14.5. The zero-order chi connectivity index (χ0) is 18.9. The van der Waals surface area contributed by atoms with E-state index in [-0.39, 0.29) is 5.91 Å². The number of carbonyl (C=O) groups is 1. The molecule has 1 heterocycles. The van der Waals surface area contributed by atoms with Crippen LogP contribution in [0.2, 0.25) is 0 Å². The normalized spacial score (nSPS) is 15.4. The SMILES string of the molecule is COc1ccc(CCNC(=O)CN2CCC(Cc3ccccc3)CC2)cc1. The van der Waals surface area contributed by atoms with Crippen LogP contribution in [0.3, 0.4) is 0 Å². The van der Waals surface area contributed by atoms with Crippen LogP contribution in [0.15, 0.2) is 54.6 Å². The van der Waals surface area contributed by atoms with E-state index in [0.29, 0.717) is 13.1 Å². The topological polar surface area (TPSA) is 41.6 Å². The van der Waals surface area contributed by atoms with Crippen LogP contribution in [0.4, 0.5) is 0 Å². The Bertz CT molecular complexity index is 692. The Kier molecular flexibility index (Phi) is 7.28. The molecule has 1 saturated heterocycles. The zero-order valence-electron chi connectivity index (χ0n) is 16.2. The Labute approximate surface area is 162 Å². The van der Waals surface area contributed by atoms with Crippen molar-refractivity contribution in [2.45, 2.75) is 25.7 Å². The number of hydrogen-bond donors (Lipinski definition) is 1. The van der Waals surface area contributed by atoms with E-state index in [4.69, 9.17) is 4.74 Å². The molecule has 0 atom stereocenters. The van der Waals surface area contributed by atoms with Crippen molar-refractivity contribution in [3.63, 3.8) is 0 Å². The maximum absolute atomic E-state index is 12.2. The molecule has 1 amide bonds. The first-order valence-corrected chi connectivity index (χ1v) is 9.89. The van der Waals surface area contributed by atoms with Gasteiger partial charge >= 0.3 is 0 Å². The molecule has 27 heavy (non-hydrogen) atoms. The van der Waals surface area contributed by atoms with Gasteiger partial charge in [-0.1, -0.05) is 42.5 Å². The summed E-state index contributed by atoms with van der Waals surface area (Å²) in [6.07, 6.45) is 4.35. The van der Waals surface area contributed by atoms with Crippen LogP contribution in [0, 0.1) is 5.92 Å². The first kappa shape index (κ1) is 19.4. The Balaban J connectivity index is 1.32. The number of nitrogens with one attached hydrogen (secondary N) is 1. The summed E-state index contributed by atoms with van der Waals surface area (Å²) in [5.41, 5.74) is 2.63. The average molecular weight is 367 g/mol. The fraction of sp³-hybridized carbons (Fsp3) is 0.435. The second-order valence-electron chi connectivity index (χ2n) is 7.36. The summed E-state index contributed by atoms with van der Waals surface area (Å²) >= 11 is 0. The number of nitrogens with zero attached hydrogens (tertiary/aromatic N) is 1. The minimum atomic E-state index is 0.130. The molecule has 144 valence electrons. The molecule has 1 fully saturated rings. The van der Waals surface area contributed by atoms with Crippen molar-refractivity contribution < 1.29 is 9.53 Å². The van der Waals surface area contributed by atoms with Crippen molar-refractivity contribution in [2.75, 3.05) is 33.3 Å². The summed E-state index contributed by atoms with van der Waals surface area (Å²) in [5.74, 6) is 1.73. The van der Waals surface area contributed by atoms with Crippen molar-refractivity contribution in [1.29, 1.82) is 0 Å². The number of ether oxygens (including phenoxy) is 1. The van der Waals surface area contributed by atoms with Gasteiger partial charge in [-0.3, -0.25) is 9.69 Å². The lowest BCUT2D eigenvalue weighted by molar-refractivity contribution is -0.122. The highest BCUT2D eigenvalue weighted by Gasteiger charge is 2.20. The molecular weight excluding hydrogens is 336 g/mol. The van der Waals surface area contributed by atoms with Gasteiger partial charge in [0.25, 0.3) is 0 Å². The van der Waals surface area contributed by atoms with Gasteiger partial charge in [0.05, 0.1) is 13.7 Å². The van der Waals surface area contributed by atoms with Gasteiger partial charge in [0, 0.05) is 6.54 Å². The summed E-state index contributed by atoms with van der Waals surface area (Å²) in [7, 11) is 1.67. The van der Waals surface area contributed by atoms with Crippen LogP contribution in [-0.4, -0.2) is 44.1 Å². The molecule has 1 aliphatic heterocycles. The summed E-state index contributed by atoms with van der Waals surface area (Å²) in [5, 5.41) is 3.05. The van der Waals surface area contributed by atoms with E-state index < -0.39 is 0 Å². The molecular formula is C23H30N2O2. The van der Waals surface area contributed by atoms with E-state index in [1.54, 1.807) is 7.11 Å². The Hall–Kier alpha value is -2.33. The molecule has 4 nitrogen and oxygen atoms in total. The Morgan fingerprint density at radius 2 is 1.74 bits per heavy atom. The molecule has 0 bridgehead atoms. The number of methoxy groups -OCH3 is 1. The van der Waals surface area contributed by atoms with E-state index >= 15 is 0 Å². The summed E-state index contributed by atoms with van der Waals surface area (Å²) in [6, 6.07) is 18.7. The van der Waals surface area contributed by atoms with Crippen LogP contribution >= 0.6 is 0 Å². The first-order chi connectivity index (χ1) is 13.2. The van der Waals surface area contributed by atoms with Crippen LogP contribution in [0.25, 0.3) is 0 Å². The van der Waals surface area contributed by atoms with Crippen LogP contribution < -0.4 is 10.1 Å². The second kappa shape index (κ2) is 10.1. The monoisotopic (exact) mass is 366 g/mol. The molecule has 0 spiro atoms. The third kappa shape index (κ3) is 6.40. The largest absolute Gasteiger partial charge is 0.497 e. The lowest BCUT2D eigenvalue weighted by Gasteiger charge is -2.31. The molecule has 0 unspecified atom stereocenters. The minimum Gasteiger partial charge on any atom is -0.497 e. The van der Waals surface area contributed by atoms with Crippen LogP contribution in [-0.2, 0) is 17.6 Å². The maximum Gasteiger partial charge on any atom is 0.234 e. The van der Waals surface area contributed by atoms with E-state index in [1.807, 2.05) is 24.3 Å². The standard InChI is InChI=1S/C23H30N2O2/c1-27-22-9-7-19(8-10-22)11-14-24-23(26)18-25-15-12-21(13-16-25)17-20-5-3-2-4-6-20/h2-10,21H,11-18H2,1H3,(H,24,26). The van der Waals surface area contributed by atoms with Gasteiger partial charge in [-0.25, -0.2) is 0 Å². The molecule has 0 aromatic heterocycles. The molecule has 4 heteroatoms. The molecule has 0 aliphatic carbocycles. The molecule has 2 aromatic rings. The average Bonchev–Trinajstić information content (AvgIpc) is 2.71. The van der Waals surface area contributed by atoms with Crippen molar-refractivity contribution >= 4 is 5.91 Å². The predicted octanol–water partition coefficient (Wildman–Crippen LogP) is 3.31. The van der Waals surface area contributed by atoms with E-state index in [2.05, 4.69) is 40.5 Å². The third-order valence-electron chi connectivity index (χ3n) is 5.34. The van der Waals surface area contributed by atoms with Crippen molar-refractivity contribution in [3.05, 3.63) is 65.7 Å². The molecule has 0 saturated carbocycles. The van der Waals surface area contributed by atoms with Gasteiger partial charge in [-0.15, -0.1) is 0 Å². The zero-order valence-corrected chi connectivity index (χ0v) is 16.2. The van der Waals surface area contributed by atoms with E-state index in [0.717, 1.165) is 37.6 Å². The number of piperidine rings is 1. The first-order valence-electron chi connectivity index (χ1n) is 9.89. The smallest absolute Gasteiger partial charge is 0.234 e. The highest BCUT2D eigenvalue weighted by atomic mass is 16.5. The van der Waals surface area contributed by atoms with E-state index in [9.17, 15) is 4.79 Å². The molecule has 3 rings (SSSR count). The van der Waals surface area contributed by atoms with Gasteiger partial charge in [0.1, 0.15) is 5.75 Å². The van der Waals surface area contributed by atoms with Gasteiger partial charge in [0.15, 0.2) is 0 Å². The number of amides is 1. The number of rotatable bonds is 8. The maximum atomic E-state index is 12.2. The number of likely N-dealkylation sites (tertiary alicyclic amines) is 1.